The van der Waals surface area contributed by atoms with E-state index in [1.807, 2.05) is 23.6 Å². The fourth-order valence-corrected chi connectivity index (χ4v) is 2.85. The molecule has 0 spiro atoms. The maximum absolute atomic E-state index is 11.1. The molecule has 1 aliphatic rings. The zero-order chi connectivity index (χ0) is 12.9. The molecule has 0 bridgehead atoms. The average Bonchev–Trinajstić information content (AvgIpc) is 2.66. The molecule has 1 N–H and O–H groups in total. The lowest BCUT2D eigenvalue weighted by atomic mass is 9.90. The van der Waals surface area contributed by atoms with Crippen LogP contribution in [0.2, 0.25) is 0 Å². The minimum atomic E-state index is -0.707. The normalized spacial score (nSPS) is 18.9. The van der Waals surface area contributed by atoms with Gasteiger partial charge < -0.3 is 9.51 Å². The molecule has 0 fully saturated rings. The molecule has 94 valence electrons. The fourth-order valence-electron chi connectivity index (χ4n) is 2.53. The standard InChI is InChI=1S/C13H13BrN2O2/c1-7-4-12-15-10-3-2-8(13(17)18)5-11(10)16(12)6-9(7)14/h4,6,8H,2-3,5H2,1H3,(H,17,18). The van der Waals surface area contributed by atoms with Gasteiger partial charge in [0.25, 0.3) is 0 Å². The Kier molecular flexibility index (Phi) is 2.66. The van der Waals surface area contributed by atoms with Crippen molar-refractivity contribution in [3.05, 3.63) is 33.7 Å². The molecular weight excluding hydrogens is 296 g/mol. The Hall–Kier alpha value is -1.36. The van der Waals surface area contributed by atoms with Gasteiger partial charge in [-0.2, -0.15) is 0 Å². The second kappa shape index (κ2) is 4.09. The van der Waals surface area contributed by atoms with Crippen molar-refractivity contribution in [2.75, 3.05) is 0 Å². The molecule has 1 atom stereocenters. The van der Waals surface area contributed by atoms with E-state index in [1.165, 1.54) is 0 Å². The van der Waals surface area contributed by atoms with Gasteiger partial charge in [-0.1, -0.05) is 0 Å². The Morgan fingerprint density at radius 3 is 3.11 bits per heavy atom. The van der Waals surface area contributed by atoms with Gasteiger partial charge in [-0.3, -0.25) is 4.79 Å². The number of hydrogen-bond acceptors (Lipinski definition) is 2. The van der Waals surface area contributed by atoms with Crippen LogP contribution in [0.4, 0.5) is 0 Å². The van der Waals surface area contributed by atoms with Crippen molar-refractivity contribution >= 4 is 27.5 Å². The summed E-state index contributed by atoms with van der Waals surface area (Å²) in [5.74, 6) is -0.987. The minimum absolute atomic E-state index is 0.280. The lowest BCUT2D eigenvalue weighted by Crippen LogP contribution is -2.22. The van der Waals surface area contributed by atoms with E-state index in [-0.39, 0.29) is 5.92 Å². The number of aryl methyl sites for hydroxylation is 2. The van der Waals surface area contributed by atoms with Crippen LogP contribution >= 0.6 is 15.9 Å². The van der Waals surface area contributed by atoms with Crippen molar-refractivity contribution in [1.29, 1.82) is 0 Å². The molecule has 0 amide bonds. The summed E-state index contributed by atoms with van der Waals surface area (Å²) in [6, 6.07) is 2.03. The summed E-state index contributed by atoms with van der Waals surface area (Å²) >= 11 is 3.51. The number of carboxylic acids is 1. The van der Waals surface area contributed by atoms with Crippen LogP contribution in [-0.4, -0.2) is 20.5 Å². The van der Waals surface area contributed by atoms with Crippen molar-refractivity contribution in [3.8, 4) is 0 Å². The number of carboxylic acid groups (broad SMARTS) is 1. The van der Waals surface area contributed by atoms with Crippen LogP contribution < -0.4 is 0 Å². The van der Waals surface area contributed by atoms with E-state index < -0.39 is 5.97 Å². The summed E-state index contributed by atoms with van der Waals surface area (Å²) in [7, 11) is 0. The van der Waals surface area contributed by atoms with E-state index in [4.69, 9.17) is 5.11 Å². The topological polar surface area (TPSA) is 54.6 Å². The van der Waals surface area contributed by atoms with Gasteiger partial charge in [0.1, 0.15) is 5.65 Å². The van der Waals surface area contributed by atoms with Crippen LogP contribution in [0.3, 0.4) is 0 Å². The van der Waals surface area contributed by atoms with Crippen LogP contribution in [0.15, 0.2) is 16.7 Å². The van der Waals surface area contributed by atoms with Crippen LogP contribution in [0.5, 0.6) is 0 Å². The minimum Gasteiger partial charge on any atom is -0.481 e. The first-order chi connectivity index (χ1) is 8.56. The van der Waals surface area contributed by atoms with Crippen molar-refractivity contribution in [1.82, 2.24) is 9.38 Å². The molecular formula is C13H13BrN2O2. The van der Waals surface area contributed by atoms with Crippen molar-refractivity contribution in [3.63, 3.8) is 0 Å². The Morgan fingerprint density at radius 1 is 1.61 bits per heavy atom. The average molecular weight is 309 g/mol. The van der Waals surface area contributed by atoms with E-state index >= 15 is 0 Å². The van der Waals surface area contributed by atoms with Crippen molar-refractivity contribution in [2.45, 2.75) is 26.2 Å². The SMILES string of the molecule is Cc1cc2nc3c(n2cc1Br)CC(C(=O)O)CC3. The molecule has 0 saturated carbocycles. The van der Waals surface area contributed by atoms with E-state index in [9.17, 15) is 4.79 Å². The number of fused-ring (bicyclic) bond motifs is 3. The molecule has 2 heterocycles. The number of rotatable bonds is 1. The molecule has 1 aliphatic carbocycles. The first kappa shape index (κ1) is 11.7. The summed E-state index contributed by atoms with van der Waals surface area (Å²) in [5.41, 5.74) is 4.14. The monoisotopic (exact) mass is 308 g/mol. The summed E-state index contributed by atoms with van der Waals surface area (Å²) in [6.07, 6.45) is 4.00. The second-order valence-electron chi connectivity index (χ2n) is 4.82. The van der Waals surface area contributed by atoms with Crippen LogP contribution in [0.1, 0.15) is 23.4 Å². The summed E-state index contributed by atoms with van der Waals surface area (Å²) < 4.78 is 3.04. The van der Waals surface area contributed by atoms with Crippen molar-refractivity contribution in [2.24, 2.45) is 5.92 Å². The molecule has 2 aromatic rings. The number of halogens is 1. The predicted octanol–water partition coefficient (Wildman–Crippen LogP) is 2.59. The van der Waals surface area contributed by atoms with Gasteiger partial charge in [0, 0.05) is 22.8 Å². The zero-order valence-corrected chi connectivity index (χ0v) is 11.6. The number of carbonyl (C=O) groups is 1. The van der Waals surface area contributed by atoms with E-state index in [0.717, 1.165) is 33.5 Å². The van der Waals surface area contributed by atoms with E-state index in [2.05, 4.69) is 20.9 Å². The van der Waals surface area contributed by atoms with Gasteiger partial charge in [0.2, 0.25) is 0 Å². The number of nitrogens with zero attached hydrogens (tertiary/aromatic N) is 2. The number of aliphatic carboxylic acids is 1. The zero-order valence-electron chi connectivity index (χ0n) is 9.98. The number of imidazole rings is 1. The number of aromatic nitrogens is 2. The molecule has 2 aromatic heterocycles. The van der Waals surface area contributed by atoms with Gasteiger partial charge in [0.05, 0.1) is 11.6 Å². The molecule has 0 aromatic carbocycles. The van der Waals surface area contributed by atoms with Gasteiger partial charge in [-0.15, -0.1) is 0 Å². The Labute approximate surface area is 113 Å². The largest absolute Gasteiger partial charge is 0.481 e. The van der Waals surface area contributed by atoms with Gasteiger partial charge in [0.15, 0.2) is 0 Å². The summed E-state index contributed by atoms with van der Waals surface area (Å²) in [5, 5.41) is 9.13. The Balaban J connectivity index is 2.15. The lowest BCUT2D eigenvalue weighted by Gasteiger charge is -2.18. The molecule has 18 heavy (non-hydrogen) atoms. The highest BCUT2D eigenvalue weighted by Crippen LogP contribution is 2.28. The maximum atomic E-state index is 11.1. The van der Waals surface area contributed by atoms with E-state index in [0.29, 0.717) is 12.8 Å². The predicted molar refractivity (Wildman–Crippen MR) is 70.8 cm³/mol. The quantitative estimate of drug-likeness (QED) is 0.881. The summed E-state index contributed by atoms with van der Waals surface area (Å²) in [6.45, 7) is 2.03. The molecule has 0 radical (unpaired) electrons. The third kappa shape index (κ3) is 1.73. The number of pyridine rings is 1. The molecule has 5 heteroatoms. The maximum Gasteiger partial charge on any atom is 0.306 e. The van der Waals surface area contributed by atoms with Crippen LogP contribution in [0, 0.1) is 12.8 Å². The first-order valence-electron chi connectivity index (χ1n) is 5.95. The number of hydrogen-bond donors (Lipinski definition) is 1. The van der Waals surface area contributed by atoms with Crippen LogP contribution in [0.25, 0.3) is 5.65 Å². The third-order valence-corrected chi connectivity index (χ3v) is 4.43. The van der Waals surface area contributed by atoms with Crippen molar-refractivity contribution < 1.29 is 9.90 Å². The second-order valence-corrected chi connectivity index (χ2v) is 5.67. The molecule has 3 rings (SSSR count). The van der Waals surface area contributed by atoms with E-state index in [1.54, 1.807) is 0 Å². The fraction of sp³-hybridized carbons (Fsp3) is 0.385. The Bertz CT molecular complexity index is 648. The highest BCUT2D eigenvalue weighted by atomic mass is 79.9. The highest BCUT2D eigenvalue weighted by Gasteiger charge is 2.27. The molecule has 1 unspecified atom stereocenters. The van der Waals surface area contributed by atoms with Gasteiger partial charge in [-0.25, -0.2) is 4.98 Å². The Morgan fingerprint density at radius 2 is 2.39 bits per heavy atom. The molecule has 0 saturated heterocycles. The first-order valence-corrected chi connectivity index (χ1v) is 6.74. The molecule has 0 aliphatic heterocycles. The van der Waals surface area contributed by atoms with Crippen LogP contribution in [-0.2, 0) is 17.6 Å². The van der Waals surface area contributed by atoms with Gasteiger partial charge in [-0.05, 0) is 47.3 Å². The third-order valence-electron chi connectivity index (χ3n) is 3.60. The lowest BCUT2D eigenvalue weighted by molar-refractivity contribution is -0.142. The molecule has 4 nitrogen and oxygen atoms in total. The smallest absolute Gasteiger partial charge is 0.306 e. The highest BCUT2D eigenvalue weighted by molar-refractivity contribution is 9.10. The summed E-state index contributed by atoms with van der Waals surface area (Å²) in [4.78, 5) is 15.7. The van der Waals surface area contributed by atoms with Gasteiger partial charge >= 0.3 is 5.97 Å².